The molecule has 1 aliphatic heterocycles. The number of nitrogens with zero attached hydrogens (tertiary/aromatic N) is 3. The summed E-state index contributed by atoms with van der Waals surface area (Å²) in [5, 5.41) is -0.140. The van der Waals surface area contributed by atoms with E-state index >= 15 is 0 Å². The normalized spacial score (nSPS) is 20.1. The smallest absolute Gasteiger partial charge is 0.351 e. The Bertz CT molecular complexity index is 376. The highest BCUT2D eigenvalue weighted by molar-refractivity contribution is 7.88. The fourth-order valence-electron chi connectivity index (χ4n) is 0.892. The molecule has 0 spiro atoms. The van der Waals surface area contributed by atoms with Crippen LogP contribution in [0.3, 0.4) is 0 Å². The highest BCUT2D eigenvalue weighted by Crippen LogP contribution is 2.14. The van der Waals surface area contributed by atoms with Crippen LogP contribution in [0.15, 0.2) is 9.39 Å². The van der Waals surface area contributed by atoms with Crippen molar-refractivity contribution in [2.24, 2.45) is 9.39 Å². The molecule has 1 aliphatic rings. The Labute approximate surface area is 87.4 Å². The van der Waals surface area contributed by atoms with Gasteiger partial charge in [0.2, 0.25) is 5.29 Å². The number of rotatable bonds is 2. The lowest BCUT2D eigenvalue weighted by Gasteiger charge is -2.21. The Morgan fingerprint density at radius 1 is 1.57 bits per heavy atom. The second kappa shape index (κ2) is 4.14. The molecule has 0 atom stereocenters. The van der Waals surface area contributed by atoms with E-state index in [0.29, 0.717) is 6.42 Å². The quantitative estimate of drug-likeness (QED) is 0.661. The highest BCUT2D eigenvalue weighted by atomic mass is 35.5. The van der Waals surface area contributed by atoms with E-state index in [1.807, 2.05) is 6.92 Å². The van der Waals surface area contributed by atoms with Crippen LogP contribution in [0.5, 0.6) is 0 Å². The third-order valence-electron chi connectivity index (χ3n) is 1.47. The first-order valence-corrected chi connectivity index (χ1v) is 5.69. The molecular weight excluding hydrogens is 230 g/mol. The van der Waals surface area contributed by atoms with E-state index in [-0.39, 0.29) is 17.9 Å². The minimum atomic E-state index is -3.76. The average molecular weight is 240 g/mol. The van der Waals surface area contributed by atoms with Gasteiger partial charge in [0.05, 0.1) is 7.11 Å². The van der Waals surface area contributed by atoms with Crippen molar-refractivity contribution >= 4 is 33.1 Å². The lowest BCUT2D eigenvalue weighted by atomic mass is 10.5. The molecule has 0 N–H and O–H groups in total. The van der Waals surface area contributed by atoms with Crippen LogP contribution in [0, 0.1) is 0 Å². The Morgan fingerprint density at radius 3 is 2.64 bits per heavy atom. The number of amidine groups is 2. The molecule has 14 heavy (non-hydrogen) atoms. The van der Waals surface area contributed by atoms with Crippen molar-refractivity contribution in [1.29, 1.82) is 0 Å². The van der Waals surface area contributed by atoms with Gasteiger partial charge in [-0.2, -0.15) is 13.4 Å². The first kappa shape index (κ1) is 11.3. The second-order valence-electron chi connectivity index (χ2n) is 2.51. The Balaban J connectivity index is 3.05. The molecule has 1 rings (SSSR count). The number of aliphatic imine (C=N–C) groups is 1. The molecule has 0 radical (unpaired) electrons. The summed E-state index contributed by atoms with van der Waals surface area (Å²) in [5.41, 5.74) is 0. The number of hydrogen-bond acceptors (Lipinski definition) is 4. The van der Waals surface area contributed by atoms with Crippen LogP contribution in [0.4, 0.5) is 0 Å². The maximum Gasteiger partial charge on any atom is 0.351 e. The SMILES string of the molecule is CCCN1C(Cl)=NC(OC)=NS1(=O)=O. The van der Waals surface area contributed by atoms with Gasteiger partial charge in [-0.25, -0.2) is 4.31 Å². The summed E-state index contributed by atoms with van der Waals surface area (Å²) in [6.45, 7) is 2.08. The van der Waals surface area contributed by atoms with Gasteiger partial charge in [-0.1, -0.05) is 11.3 Å². The topological polar surface area (TPSA) is 71.3 Å². The van der Waals surface area contributed by atoms with Gasteiger partial charge in [-0.15, -0.1) is 0 Å². The number of hydrogen-bond donors (Lipinski definition) is 0. The Kier molecular flexibility index (Phi) is 3.33. The third kappa shape index (κ3) is 2.16. The van der Waals surface area contributed by atoms with Crippen LogP contribution in [0.2, 0.25) is 0 Å². The first-order valence-electron chi connectivity index (χ1n) is 3.92. The molecule has 1 heterocycles. The van der Waals surface area contributed by atoms with Crippen molar-refractivity contribution in [2.75, 3.05) is 13.7 Å². The van der Waals surface area contributed by atoms with E-state index in [9.17, 15) is 8.42 Å². The van der Waals surface area contributed by atoms with Crippen molar-refractivity contribution in [2.45, 2.75) is 13.3 Å². The molecule has 0 aromatic heterocycles. The molecule has 0 bridgehead atoms. The molecule has 0 saturated heterocycles. The standard InChI is InChI=1S/C6H10ClN3O3S/c1-3-4-10-5(7)8-6(13-2)9-14(10,11)12/h3-4H2,1-2H3. The number of halogens is 1. The molecule has 0 aromatic carbocycles. The van der Waals surface area contributed by atoms with Crippen LogP contribution in [-0.4, -0.2) is 37.7 Å². The second-order valence-corrected chi connectivity index (χ2v) is 4.37. The minimum Gasteiger partial charge on any atom is -0.466 e. The Morgan fingerprint density at radius 2 is 2.21 bits per heavy atom. The Hall–Kier alpha value is -0.820. The predicted octanol–water partition coefficient (Wildman–Crippen LogP) is 0.554. The zero-order valence-corrected chi connectivity index (χ0v) is 9.34. The zero-order valence-electron chi connectivity index (χ0n) is 7.77. The van der Waals surface area contributed by atoms with Gasteiger partial charge in [0, 0.05) is 6.54 Å². The zero-order chi connectivity index (χ0) is 10.8. The summed E-state index contributed by atoms with van der Waals surface area (Å²) < 4.78 is 31.7. The van der Waals surface area contributed by atoms with Gasteiger partial charge >= 0.3 is 16.2 Å². The van der Waals surface area contributed by atoms with Crippen LogP contribution in [0.25, 0.3) is 0 Å². The lowest BCUT2D eigenvalue weighted by Crippen LogP contribution is -2.37. The fraction of sp³-hybridized carbons (Fsp3) is 0.667. The van der Waals surface area contributed by atoms with Crippen molar-refractivity contribution in [1.82, 2.24) is 4.31 Å². The maximum atomic E-state index is 11.4. The molecule has 8 heteroatoms. The van der Waals surface area contributed by atoms with Gasteiger partial charge in [-0.05, 0) is 18.0 Å². The van der Waals surface area contributed by atoms with E-state index in [1.54, 1.807) is 0 Å². The fourth-order valence-corrected chi connectivity index (χ4v) is 2.37. The maximum absolute atomic E-state index is 11.4. The van der Waals surface area contributed by atoms with E-state index in [2.05, 4.69) is 14.1 Å². The van der Waals surface area contributed by atoms with Gasteiger partial charge in [0.25, 0.3) is 0 Å². The van der Waals surface area contributed by atoms with Crippen molar-refractivity contribution in [3.05, 3.63) is 0 Å². The summed E-state index contributed by atoms with van der Waals surface area (Å²) >= 11 is 5.66. The summed E-state index contributed by atoms with van der Waals surface area (Å²) in [6.07, 6.45) is 0.628. The molecular formula is C6H10ClN3O3S. The summed E-state index contributed by atoms with van der Waals surface area (Å²) in [6, 6.07) is -0.248. The molecule has 0 saturated carbocycles. The average Bonchev–Trinajstić information content (AvgIpc) is 2.10. The van der Waals surface area contributed by atoms with Gasteiger partial charge in [-0.3, -0.25) is 0 Å². The first-order chi connectivity index (χ1) is 6.51. The summed E-state index contributed by atoms with van der Waals surface area (Å²) in [5.74, 6) is 0. The van der Waals surface area contributed by atoms with Crippen LogP contribution in [0.1, 0.15) is 13.3 Å². The lowest BCUT2D eigenvalue weighted by molar-refractivity contribution is 0.394. The van der Waals surface area contributed by atoms with Crippen LogP contribution < -0.4 is 0 Å². The molecule has 0 amide bonds. The molecule has 0 aromatic rings. The van der Waals surface area contributed by atoms with Crippen LogP contribution in [-0.2, 0) is 14.9 Å². The van der Waals surface area contributed by atoms with Crippen LogP contribution >= 0.6 is 11.6 Å². The van der Waals surface area contributed by atoms with Gasteiger partial charge in [0.1, 0.15) is 0 Å². The summed E-state index contributed by atoms with van der Waals surface area (Å²) in [7, 11) is -2.49. The molecule has 6 nitrogen and oxygen atoms in total. The van der Waals surface area contributed by atoms with Crippen molar-refractivity contribution < 1.29 is 13.2 Å². The van der Waals surface area contributed by atoms with Gasteiger partial charge < -0.3 is 4.74 Å². The van der Waals surface area contributed by atoms with E-state index < -0.39 is 10.2 Å². The largest absolute Gasteiger partial charge is 0.466 e. The highest BCUT2D eigenvalue weighted by Gasteiger charge is 2.28. The number of methoxy groups -OCH3 is 1. The van der Waals surface area contributed by atoms with E-state index in [1.165, 1.54) is 7.11 Å². The van der Waals surface area contributed by atoms with E-state index in [4.69, 9.17) is 11.6 Å². The minimum absolute atomic E-state index is 0.140. The molecule has 0 aliphatic carbocycles. The van der Waals surface area contributed by atoms with Crippen molar-refractivity contribution in [3.63, 3.8) is 0 Å². The number of ether oxygens (including phenoxy) is 1. The van der Waals surface area contributed by atoms with E-state index in [0.717, 1.165) is 4.31 Å². The monoisotopic (exact) mass is 239 g/mol. The van der Waals surface area contributed by atoms with Crippen molar-refractivity contribution in [3.8, 4) is 0 Å². The summed E-state index contributed by atoms with van der Waals surface area (Å²) in [4.78, 5) is 3.65. The molecule has 0 unspecified atom stereocenters. The predicted molar refractivity (Wildman–Crippen MR) is 53.6 cm³/mol. The van der Waals surface area contributed by atoms with Gasteiger partial charge in [0.15, 0.2) is 0 Å². The third-order valence-corrected chi connectivity index (χ3v) is 3.16. The molecule has 80 valence electrons. The molecule has 0 fully saturated rings.